The first-order chi connectivity index (χ1) is 9.83. The maximum atomic E-state index is 13.1. The first-order valence-electron chi connectivity index (χ1n) is 6.20. The van der Waals surface area contributed by atoms with E-state index in [9.17, 15) is 4.39 Å². The van der Waals surface area contributed by atoms with Gasteiger partial charge in [0.2, 0.25) is 0 Å². The van der Waals surface area contributed by atoms with E-state index in [2.05, 4.69) is 15.2 Å². The highest BCUT2D eigenvalue weighted by Crippen LogP contribution is 2.22. The molecule has 0 aliphatic rings. The van der Waals surface area contributed by atoms with Crippen LogP contribution in [0.1, 0.15) is 11.3 Å². The van der Waals surface area contributed by atoms with Gasteiger partial charge < -0.3 is 0 Å². The van der Waals surface area contributed by atoms with Crippen molar-refractivity contribution in [2.24, 2.45) is 0 Å². The molecule has 3 aromatic rings. The van der Waals surface area contributed by atoms with Crippen molar-refractivity contribution in [3.05, 3.63) is 72.1 Å². The predicted molar refractivity (Wildman–Crippen MR) is 77.1 cm³/mol. The average Bonchev–Trinajstić information content (AvgIpc) is 2.95. The largest absolute Gasteiger partial charge is 0.278 e. The Morgan fingerprint density at radius 1 is 1.05 bits per heavy atom. The minimum Gasteiger partial charge on any atom is -0.278 e. The Kier molecular flexibility index (Phi) is 3.37. The molecule has 4 heteroatoms. The molecule has 2 heterocycles. The monoisotopic (exact) mass is 265 g/mol. The minimum absolute atomic E-state index is 0.244. The van der Waals surface area contributed by atoms with E-state index in [-0.39, 0.29) is 5.82 Å². The third-order valence-electron chi connectivity index (χ3n) is 2.95. The highest BCUT2D eigenvalue weighted by molar-refractivity contribution is 5.78. The van der Waals surface area contributed by atoms with Gasteiger partial charge in [0.25, 0.3) is 0 Å². The Labute approximate surface area is 115 Å². The van der Waals surface area contributed by atoms with Gasteiger partial charge in [0.05, 0.1) is 11.9 Å². The summed E-state index contributed by atoms with van der Waals surface area (Å²) in [7, 11) is 0. The average molecular weight is 265 g/mol. The van der Waals surface area contributed by atoms with Crippen molar-refractivity contribution >= 4 is 12.2 Å². The van der Waals surface area contributed by atoms with Gasteiger partial charge >= 0.3 is 0 Å². The molecule has 0 fully saturated rings. The summed E-state index contributed by atoms with van der Waals surface area (Å²) >= 11 is 0. The smallest absolute Gasteiger partial charge is 0.123 e. The van der Waals surface area contributed by atoms with Gasteiger partial charge in [-0.2, -0.15) is 5.10 Å². The van der Waals surface area contributed by atoms with Gasteiger partial charge in [-0.05, 0) is 41.5 Å². The van der Waals surface area contributed by atoms with E-state index in [0.717, 1.165) is 22.4 Å². The van der Waals surface area contributed by atoms with Crippen LogP contribution in [0, 0.1) is 5.82 Å². The van der Waals surface area contributed by atoms with Gasteiger partial charge in [-0.15, -0.1) is 0 Å². The van der Waals surface area contributed by atoms with Crippen LogP contribution < -0.4 is 0 Å². The van der Waals surface area contributed by atoms with Crippen LogP contribution in [0.2, 0.25) is 0 Å². The molecule has 0 radical (unpaired) electrons. The van der Waals surface area contributed by atoms with Crippen LogP contribution in [0.25, 0.3) is 23.3 Å². The molecule has 0 atom stereocenters. The van der Waals surface area contributed by atoms with Gasteiger partial charge in [-0.3, -0.25) is 10.1 Å². The highest BCUT2D eigenvalue weighted by atomic mass is 19.1. The van der Waals surface area contributed by atoms with E-state index < -0.39 is 0 Å². The molecule has 1 N–H and O–H groups in total. The molecule has 3 rings (SSSR count). The molecule has 0 unspecified atom stereocenters. The van der Waals surface area contributed by atoms with Crippen LogP contribution in [-0.4, -0.2) is 15.2 Å². The van der Waals surface area contributed by atoms with Crippen molar-refractivity contribution in [3.63, 3.8) is 0 Å². The summed E-state index contributed by atoms with van der Waals surface area (Å²) in [6.07, 6.45) is 8.98. The summed E-state index contributed by atoms with van der Waals surface area (Å²) in [5.41, 5.74) is 3.70. The first-order valence-corrected chi connectivity index (χ1v) is 6.20. The van der Waals surface area contributed by atoms with Crippen LogP contribution >= 0.6 is 0 Å². The second-order valence-electron chi connectivity index (χ2n) is 4.32. The Balaban J connectivity index is 1.91. The highest BCUT2D eigenvalue weighted by Gasteiger charge is 2.04. The molecule has 0 spiro atoms. The van der Waals surface area contributed by atoms with E-state index >= 15 is 0 Å². The van der Waals surface area contributed by atoms with Crippen molar-refractivity contribution in [1.29, 1.82) is 0 Å². The SMILES string of the molecule is Fc1cccc(/C=C/c2[nH]ncc2-c2ccncc2)c1. The van der Waals surface area contributed by atoms with E-state index in [1.165, 1.54) is 12.1 Å². The molecule has 0 saturated heterocycles. The van der Waals surface area contributed by atoms with Gasteiger partial charge in [0.15, 0.2) is 0 Å². The summed E-state index contributed by atoms with van der Waals surface area (Å²) < 4.78 is 13.1. The Morgan fingerprint density at radius 2 is 1.90 bits per heavy atom. The molecule has 2 aromatic heterocycles. The molecule has 0 bridgehead atoms. The number of rotatable bonds is 3. The summed E-state index contributed by atoms with van der Waals surface area (Å²) in [6.45, 7) is 0. The zero-order valence-corrected chi connectivity index (χ0v) is 10.6. The maximum Gasteiger partial charge on any atom is 0.123 e. The van der Waals surface area contributed by atoms with Gasteiger partial charge in [-0.25, -0.2) is 4.39 Å². The number of pyridine rings is 1. The summed E-state index contributed by atoms with van der Waals surface area (Å²) in [5, 5.41) is 7.00. The van der Waals surface area contributed by atoms with Crippen molar-refractivity contribution in [2.75, 3.05) is 0 Å². The van der Waals surface area contributed by atoms with E-state index in [4.69, 9.17) is 0 Å². The molecule has 20 heavy (non-hydrogen) atoms. The van der Waals surface area contributed by atoms with Crippen molar-refractivity contribution < 1.29 is 4.39 Å². The lowest BCUT2D eigenvalue weighted by atomic mass is 10.1. The molecule has 0 amide bonds. The number of nitrogens with zero attached hydrogens (tertiary/aromatic N) is 2. The fraction of sp³-hybridized carbons (Fsp3) is 0. The topological polar surface area (TPSA) is 41.6 Å². The number of hydrogen-bond donors (Lipinski definition) is 1. The fourth-order valence-corrected chi connectivity index (χ4v) is 1.97. The number of H-pyrrole nitrogens is 1. The number of nitrogens with one attached hydrogen (secondary N) is 1. The van der Waals surface area contributed by atoms with Crippen LogP contribution in [-0.2, 0) is 0 Å². The van der Waals surface area contributed by atoms with Gasteiger partial charge in [-0.1, -0.05) is 18.2 Å². The van der Waals surface area contributed by atoms with E-state index in [0.29, 0.717) is 0 Å². The van der Waals surface area contributed by atoms with Crippen LogP contribution in [0.15, 0.2) is 55.0 Å². The maximum absolute atomic E-state index is 13.1. The Bertz CT molecular complexity index is 732. The second-order valence-corrected chi connectivity index (χ2v) is 4.32. The van der Waals surface area contributed by atoms with E-state index in [1.54, 1.807) is 24.7 Å². The quantitative estimate of drug-likeness (QED) is 0.783. The molecule has 3 nitrogen and oxygen atoms in total. The fourth-order valence-electron chi connectivity index (χ4n) is 1.97. The van der Waals surface area contributed by atoms with Crippen LogP contribution in [0.5, 0.6) is 0 Å². The third-order valence-corrected chi connectivity index (χ3v) is 2.95. The number of halogens is 1. The zero-order chi connectivity index (χ0) is 13.8. The van der Waals surface area contributed by atoms with Crippen molar-refractivity contribution in [1.82, 2.24) is 15.2 Å². The minimum atomic E-state index is -0.244. The molecule has 0 aliphatic heterocycles. The van der Waals surface area contributed by atoms with Gasteiger partial charge in [0, 0.05) is 18.0 Å². The molecular formula is C16H12FN3. The number of aromatic nitrogens is 3. The second kappa shape index (κ2) is 5.48. The Morgan fingerprint density at radius 3 is 2.70 bits per heavy atom. The lowest BCUT2D eigenvalue weighted by Crippen LogP contribution is -1.81. The van der Waals surface area contributed by atoms with Gasteiger partial charge in [0.1, 0.15) is 5.82 Å². The number of benzene rings is 1. The number of aromatic amines is 1. The molecule has 0 aliphatic carbocycles. The van der Waals surface area contributed by atoms with E-state index in [1.807, 2.05) is 30.4 Å². The standard InChI is InChI=1S/C16H12FN3/c17-14-3-1-2-12(10-14)4-5-16-15(11-19-20-16)13-6-8-18-9-7-13/h1-11H,(H,19,20)/b5-4+. The van der Waals surface area contributed by atoms with Crippen molar-refractivity contribution in [2.45, 2.75) is 0 Å². The zero-order valence-electron chi connectivity index (χ0n) is 10.6. The Hall–Kier alpha value is -2.75. The summed E-state index contributed by atoms with van der Waals surface area (Å²) in [6, 6.07) is 10.3. The van der Waals surface area contributed by atoms with Crippen molar-refractivity contribution in [3.8, 4) is 11.1 Å². The molecule has 1 aromatic carbocycles. The lowest BCUT2D eigenvalue weighted by Gasteiger charge is -1.98. The first kappa shape index (κ1) is 12.3. The number of hydrogen-bond acceptors (Lipinski definition) is 2. The summed E-state index contributed by atoms with van der Waals surface area (Å²) in [4.78, 5) is 4.00. The lowest BCUT2D eigenvalue weighted by molar-refractivity contribution is 0.627. The van der Waals surface area contributed by atoms with Crippen LogP contribution in [0.3, 0.4) is 0 Å². The predicted octanol–water partition coefficient (Wildman–Crippen LogP) is 3.78. The third kappa shape index (κ3) is 2.64. The normalized spacial score (nSPS) is 11.1. The molecule has 0 saturated carbocycles. The van der Waals surface area contributed by atoms with Crippen LogP contribution in [0.4, 0.5) is 4.39 Å². The molecule has 98 valence electrons. The summed E-state index contributed by atoms with van der Waals surface area (Å²) in [5.74, 6) is -0.244. The molecular weight excluding hydrogens is 253 g/mol.